The van der Waals surface area contributed by atoms with Gasteiger partial charge >= 0.3 is 5.97 Å². The Bertz CT molecular complexity index is 199. The van der Waals surface area contributed by atoms with Crippen molar-refractivity contribution in [1.82, 2.24) is 5.32 Å². The summed E-state index contributed by atoms with van der Waals surface area (Å²) >= 11 is 1.96. The Kier molecular flexibility index (Phi) is 8.76. The fourth-order valence-corrected chi connectivity index (χ4v) is 2.49. The van der Waals surface area contributed by atoms with Gasteiger partial charge in [-0.2, -0.15) is 11.8 Å². The summed E-state index contributed by atoms with van der Waals surface area (Å²) in [5.74, 6) is 1.62. The Morgan fingerprint density at radius 3 is 2.50 bits per heavy atom. The van der Waals surface area contributed by atoms with E-state index < -0.39 is 11.5 Å². The maximum Gasteiger partial charge on any atom is 0.323 e. The van der Waals surface area contributed by atoms with Gasteiger partial charge in [0.15, 0.2) is 0 Å². The van der Waals surface area contributed by atoms with Gasteiger partial charge in [0.05, 0.1) is 0 Å². The standard InChI is InChI=1S/C12H25NO2S/c1-4-9-16-10-7-6-8-12(3,11(14)15)13-5-2/h13H,4-10H2,1-3H3,(H,14,15). The Balaban J connectivity index is 3.73. The molecule has 0 aromatic rings. The lowest BCUT2D eigenvalue weighted by Gasteiger charge is -2.25. The van der Waals surface area contributed by atoms with Crippen molar-refractivity contribution in [3.8, 4) is 0 Å². The van der Waals surface area contributed by atoms with Crippen LogP contribution in [-0.2, 0) is 4.79 Å². The number of likely N-dealkylation sites (N-methyl/N-ethyl adjacent to an activating group) is 1. The molecule has 1 unspecified atom stereocenters. The number of rotatable bonds is 10. The number of carboxylic acids is 1. The summed E-state index contributed by atoms with van der Waals surface area (Å²) in [5.41, 5.74) is -0.746. The molecule has 0 bridgehead atoms. The molecule has 4 heteroatoms. The molecule has 3 nitrogen and oxygen atoms in total. The molecule has 0 heterocycles. The Morgan fingerprint density at radius 2 is 2.00 bits per heavy atom. The van der Waals surface area contributed by atoms with E-state index in [9.17, 15) is 4.79 Å². The fourth-order valence-electron chi connectivity index (χ4n) is 1.59. The highest BCUT2D eigenvalue weighted by atomic mass is 32.2. The van der Waals surface area contributed by atoms with E-state index in [2.05, 4.69) is 12.2 Å². The number of hydrogen-bond acceptors (Lipinski definition) is 3. The molecule has 0 aliphatic carbocycles. The van der Waals surface area contributed by atoms with Crippen molar-refractivity contribution in [3.05, 3.63) is 0 Å². The topological polar surface area (TPSA) is 49.3 Å². The van der Waals surface area contributed by atoms with Crippen LogP contribution in [0.5, 0.6) is 0 Å². The maximum atomic E-state index is 11.1. The van der Waals surface area contributed by atoms with Crippen LogP contribution in [0.3, 0.4) is 0 Å². The zero-order valence-electron chi connectivity index (χ0n) is 10.7. The minimum atomic E-state index is -0.746. The first-order chi connectivity index (χ1) is 7.56. The summed E-state index contributed by atoms with van der Waals surface area (Å²) in [6.07, 6.45) is 4.02. The number of carbonyl (C=O) groups is 1. The van der Waals surface area contributed by atoms with Gasteiger partial charge in [0, 0.05) is 0 Å². The first-order valence-corrected chi connectivity index (χ1v) is 7.28. The number of hydrogen-bond donors (Lipinski definition) is 2. The van der Waals surface area contributed by atoms with Crippen LogP contribution in [0.2, 0.25) is 0 Å². The van der Waals surface area contributed by atoms with Gasteiger partial charge in [-0.05, 0) is 44.2 Å². The number of nitrogens with one attached hydrogen (secondary N) is 1. The van der Waals surface area contributed by atoms with Gasteiger partial charge in [0.25, 0.3) is 0 Å². The van der Waals surface area contributed by atoms with Crippen LogP contribution in [0, 0.1) is 0 Å². The van der Waals surface area contributed by atoms with Crippen LogP contribution in [-0.4, -0.2) is 34.7 Å². The average molecular weight is 247 g/mol. The molecule has 0 aliphatic rings. The van der Waals surface area contributed by atoms with Crippen LogP contribution in [0.25, 0.3) is 0 Å². The van der Waals surface area contributed by atoms with E-state index in [1.807, 2.05) is 18.7 Å². The molecular weight excluding hydrogens is 222 g/mol. The van der Waals surface area contributed by atoms with Gasteiger partial charge in [-0.3, -0.25) is 4.79 Å². The van der Waals surface area contributed by atoms with Crippen LogP contribution in [0.4, 0.5) is 0 Å². The summed E-state index contributed by atoms with van der Waals surface area (Å²) in [6, 6.07) is 0. The van der Waals surface area contributed by atoms with E-state index in [0.717, 1.165) is 18.6 Å². The van der Waals surface area contributed by atoms with Gasteiger partial charge in [0.2, 0.25) is 0 Å². The Morgan fingerprint density at radius 1 is 1.31 bits per heavy atom. The monoisotopic (exact) mass is 247 g/mol. The zero-order valence-corrected chi connectivity index (χ0v) is 11.5. The van der Waals surface area contributed by atoms with Crippen molar-refractivity contribution in [2.45, 2.75) is 52.0 Å². The molecular formula is C12H25NO2S. The van der Waals surface area contributed by atoms with Gasteiger partial charge in [-0.25, -0.2) is 0 Å². The summed E-state index contributed by atoms with van der Waals surface area (Å²) in [7, 11) is 0. The highest BCUT2D eigenvalue weighted by molar-refractivity contribution is 7.99. The van der Waals surface area contributed by atoms with E-state index in [-0.39, 0.29) is 0 Å². The Labute approximate surface area is 103 Å². The van der Waals surface area contributed by atoms with Crippen LogP contribution in [0.15, 0.2) is 0 Å². The second kappa shape index (κ2) is 8.88. The Hall–Kier alpha value is -0.220. The van der Waals surface area contributed by atoms with Gasteiger partial charge < -0.3 is 10.4 Å². The maximum absolute atomic E-state index is 11.1. The van der Waals surface area contributed by atoms with Gasteiger partial charge in [-0.1, -0.05) is 20.3 Å². The summed E-state index contributed by atoms with van der Waals surface area (Å²) in [4.78, 5) is 11.1. The van der Waals surface area contributed by atoms with Crippen LogP contribution < -0.4 is 5.32 Å². The predicted molar refractivity (Wildman–Crippen MR) is 71.2 cm³/mol. The second-order valence-electron chi connectivity index (χ2n) is 4.24. The third-order valence-electron chi connectivity index (χ3n) is 2.60. The normalized spacial score (nSPS) is 14.7. The molecule has 0 rings (SSSR count). The molecule has 0 fully saturated rings. The highest BCUT2D eigenvalue weighted by Crippen LogP contribution is 2.16. The number of carboxylic acid groups (broad SMARTS) is 1. The van der Waals surface area contributed by atoms with Crippen LogP contribution >= 0.6 is 11.8 Å². The van der Waals surface area contributed by atoms with Crippen molar-refractivity contribution >= 4 is 17.7 Å². The van der Waals surface area contributed by atoms with E-state index in [0.29, 0.717) is 13.0 Å². The molecule has 0 amide bonds. The summed E-state index contributed by atoms with van der Waals surface area (Å²) in [5, 5.41) is 12.2. The third kappa shape index (κ3) is 6.38. The quantitative estimate of drug-likeness (QED) is 0.583. The van der Waals surface area contributed by atoms with Crippen molar-refractivity contribution in [2.75, 3.05) is 18.1 Å². The molecule has 0 saturated carbocycles. The first-order valence-electron chi connectivity index (χ1n) is 6.13. The summed E-state index contributed by atoms with van der Waals surface area (Å²) < 4.78 is 0. The average Bonchev–Trinajstić information content (AvgIpc) is 2.23. The molecule has 0 aliphatic heterocycles. The molecule has 0 aromatic heterocycles. The minimum absolute atomic E-state index is 0.702. The smallest absolute Gasteiger partial charge is 0.323 e. The van der Waals surface area contributed by atoms with Gasteiger partial charge in [-0.15, -0.1) is 0 Å². The van der Waals surface area contributed by atoms with E-state index in [1.54, 1.807) is 6.92 Å². The van der Waals surface area contributed by atoms with Crippen molar-refractivity contribution in [3.63, 3.8) is 0 Å². The van der Waals surface area contributed by atoms with E-state index in [4.69, 9.17) is 5.11 Å². The largest absolute Gasteiger partial charge is 0.480 e. The van der Waals surface area contributed by atoms with E-state index >= 15 is 0 Å². The minimum Gasteiger partial charge on any atom is -0.480 e. The molecule has 0 radical (unpaired) electrons. The lowest BCUT2D eigenvalue weighted by atomic mass is 9.95. The zero-order chi connectivity index (χ0) is 12.4. The fraction of sp³-hybridized carbons (Fsp3) is 0.917. The molecule has 0 saturated heterocycles. The molecule has 2 N–H and O–H groups in total. The highest BCUT2D eigenvalue weighted by Gasteiger charge is 2.30. The molecule has 16 heavy (non-hydrogen) atoms. The number of unbranched alkanes of at least 4 members (excludes halogenated alkanes) is 1. The molecule has 96 valence electrons. The van der Waals surface area contributed by atoms with E-state index in [1.165, 1.54) is 12.2 Å². The first kappa shape index (κ1) is 15.8. The summed E-state index contributed by atoms with van der Waals surface area (Å²) in [6.45, 7) is 6.60. The second-order valence-corrected chi connectivity index (χ2v) is 5.46. The van der Waals surface area contributed by atoms with Crippen LogP contribution in [0.1, 0.15) is 46.5 Å². The SMILES string of the molecule is CCCSCCCCC(C)(NCC)C(=O)O. The van der Waals surface area contributed by atoms with Crippen molar-refractivity contribution < 1.29 is 9.90 Å². The predicted octanol–water partition coefficient (Wildman–Crippen LogP) is 2.75. The lowest BCUT2D eigenvalue weighted by molar-refractivity contribution is -0.144. The van der Waals surface area contributed by atoms with Crippen molar-refractivity contribution in [2.24, 2.45) is 0 Å². The number of aliphatic carboxylic acids is 1. The molecule has 0 aromatic carbocycles. The molecule has 1 atom stereocenters. The van der Waals surface area contributed by atoms with Gasteiger partial charge in [0.1, 0.15) is 5.54 Å². The lowest BCUT2D eigenvalue weighted by Crippen LogP contribution is -2.49. The number of thioether (sulfide) groups is 1. The molecule has 0 spiro atoms. The van der Waals surface area contributed by atoms with Crippen molar-refractivity contribution in [1.29, 1.82) is 0 Å². The third-order valence-corrected chi connectivity index (χ3v) is 3.88.